The zero-order chi connectivity index (χ0) is 21.3. The maximum atomic E-state index is 12.1. The summed E-state index contributed by atoms with van der Waals surface area (Å²) in [4.78, 5) is 17.5. The van der Waals surface area contributed by atoms with Gasteiger partial charge in [0.25, 0.3) is 5.91 Å². The van der Waals surface area contributed by atoms with Gasteiger partial charge in [0.2, 0.25) is 5.88 Å². The van der Waals surface area contributed by atoms with Gasteiger partial charge in [-0.3, -0.25) is 4.79 Å². The van der Waals surface area contributed by atoms with Crippen molar-refractivity contribution in [3.8, 4) is 22.2 Å². The molecule has 1 atom stereocenters. The SMILES string of the molecule is CCOc1ccc2ncc(-c3cc(OC(C)c4ccccc4Cl)c(C(N)=O)s3)n2n1. The number of fused-ring (bicyclic) bond motifs is 1. The summed E-state index contributed by atoms with van der Waals surface area (Å²) < 4.78 is 13.2. The van der Waals surface area contributed by atoms with E-state index in [1.54, 1.807) is 28.9 Å². The molecule has 30 heavy (non-hydrogen) atoms. The summed E-state index contributed by atoms with van der Waals surface area (Å²) in [6, 6.07) is 12.8. The average molecular weight is 443 g/mol. The molecule has 2 N–H and O–H groups in total. The lowest BCUT2D eigenvalue weighted by molar-refractivity contribution is 0.0998. The van der Waals surface area contributed by atoms with Crippen LogP contribution in [-0.4, -0.2) is 27.1 Å². The van der Waals surface area contributed by atoms with Crippen molar-refractivity contribution in [1.29, 1.82) is 0 Å². The average Bonchev–Trinajstić information content (AvgIpc) is 3.32. The predicted octanol–water partition coefficient (Wildman–Crippen LogP) is 4.75. The number of primary amides is 1. The van der Waals surface area contributed by atoms with E-state index >= 15 is 0 Å². The standard InChI is InChI=1S/C21H19ClN4O3S/c1-3-28-19-9-8-18-24-11-15(26(18)25-19)17-10-16(20(30-17)21(23)27)29-12(2)13-6-4-5-7-14(13)22/h4-12H,3H2,1-2H3,(H2,23,27). The molecule has 0 aliphatic heterocycles. The van der Waals surface area contributed by atoms with Crippen LogP contribution in [0.15, 0.2) is 48.7 Å². The normalized spacial score (nSPS) is 12.1. The molecule has 0 saturated heterocycles. The fourth-order valence-electron chi connectivity index (χ4n) is 3.07. The van der Waals surface area contributed by atoms with Crippen molar-refractivity contribution in [2.45, 2.75) is 20.0 Å². The molecule has 0 aliphatic rings. The number of hydrogen-bond donors (Lipinski definition) is 1. The van der Waals surface area contributed by atoms with E-state index in [9.17, 15) is 4.79 Å². The lowest BCUT2D eigenvalue weighted by Gasteiger charge is -2.16. The Hall–Kier alpha value is -3.10. The van der Waals surface area contributed by atoms with Crippen molar-refractivity contribution < 1.29 is 14.3 Å². The number of hydrogen-bond acceptors (Lipinski definition) is 6. The largest absolute Gasteiger partial charge is 0.484 e. The Kier molecular flexibility index (Phi) is 5.61. The monoisotopic (exact) mass is 442 g/mol. The molecule has 0 aliphatic carbocycles. The van der Waals surface area contributed by atoms with Crippen molar-refractivity contribution in [2.24, 2.45) is 5.73 Å². The van der Waals surface area contributed by atoms with Gasteiger partial charge in [-0.05, 0) is 26.0 Å². The second kappa shape index (κ2) is 8.33. The van der Waals surface area contributed by atoms with E-state index in [0.717, 1.165) is 10.4 Å². The van der Waals surface area contributed by atoms with Crippen molar-refractivity contribution >= 4 is 34.5 Å². The fourth-order valence-corrected chi connectivity index (χ4v) is 4.30. The number of amides is 1. The van der Waals surface area contributed by atoms with E-state index in [-0.39, 0.29) is 6.10 Å². The van der Waals surface area contributed by atoms with Crippen LogP contribution in [0, 0.1) is 0 Å². The number of carbonyl (C=O) groups excluding carboxylic acids is 1. The lowest BCUT2D eigenvalue weighted by atomic mass is 10.1. The number of rotatable bonds is 7. The molecule has 0 saturated carbocycles. The van der Waals surface area contributed by atoms with Crippen LogP contribution in [0.1, 0.15) is 35.2 Å². The predicted molar refractivity (Wildman–Crippen MR) is 116 cm³/mol. The van der Waals surface area contributed by atoms with E-state index in [1.165, 1.54) is 11.3 Å². The highest BCUT2D eigenvalue weighted by atomic mass is 35.5. The highest BCUT2D eigenvalue weighted by Gasteiger charge is 2.21. The number of imidazole rings is 1. The zero-order valence-corrected chi connectivity index (χ0v) is 17.9. The topological polar surface area (TPSA) is 91.7 Å². The maximum absolute atomic E-state index is 12.1. The number of thiophene rings is 1. The van der Waals surface area contributed by atoms with Gasteiger partial charge in [0, 0.05) is 22.7 Å². The summed E-state index contributed by atoms with van der Waals surface area (Å²) >= 11 is 7.51. The molecule has 154 valence electrons. The molecule has 7 nitrogen and oxygen atoms in total. The molecule has 0 fully saturated rings. The number of halogens is 1. The Balaban J connectivity index is 1.73. The number of aromatic nitrogens is 3. The maximum Gasteiger partial charge on any atom is 0.262 e. The van der Waals surface area contributed by atoms with Crippen LogP contribution in [0.2, 0.25) is 5.02 Å². The Morgan fingerprint density at radius 2 is 2.10 bits per heavy atom. The van der Waals surface area contributed by atoms with Crippen molar-refractivity contribution in [3.63, 3.8) is 0 Å². The molecule has 4 rings (SSSR count). The van der Waals surface area contributed by atoms with E-state index in [1.807, 2.05) is 38.1 Å². The highest BCUT2D eigenvalue weighted by Crippen LogP contribution is 2.39. The van der Waals surface area contributed by atoms with E-state index in [0.29, 0.717) is 39.5 Å². The molecular weight excluding hydrogens is 424 g/mol. The zero-order valence-electron chi connectivity index (χ0n) is 16.3. The first kappa shape index (κ1) is 20.2. The van der Waals surface area contributed by atoms with Crippen molar-refractivity contribution in [3.05, 3.63) is 64.1 Å². The number of nitrogens with zero attached hydrogens (tertiary/aromatic N) is 3. The first-order chi connectivity index (χ1) is 14.5. The third-order valence-corrected chi connectivity index (χ3v) is 5.95. The summed E-state index contributed by atoms with van der Waals surface area (Å²) in [6.07, 6.45) is 1.32. The molecule has 0 bridgehead atoms. The van der Waals surface area contributed by atoms with E-state index in [2.05, 4.69) is 10.1 Å². The molecule has 3 heterocycles. The first-order valence-corrected chi connectivity index (χ1v) is 10.5. The van der Waals surface area contributed by atoms with Gasteiger partial charge >= 0.3 is 0 Å². The Labute approximate surface area is 182 Å². The third-order valence-electron chi connectivity index (χ3n) is 4.45. The number of carbonyl (C=O) groups is 1. The van der Waals surface area contributed by atoms with Crippen LogP contribution in [0.3, 0.4) is 0 Å². The quantitative estimate of drug-likeness (QED) is 0.446. The van der Waals surface area contributed by atoms with Crippen LogP contribution in [0.4, 0.5) is 0 Å². The number of nitrogens with two attached hydrogens (primary N) is 1. The van der Waals surface area contributed by atoms with Gasteiger partial charge in [-0.15, -0.1) is 16.4 Å². The Morgan fingerprint density at radius 3 is 2.83 bits per heavy atom. The van der Waals surface area contributed by atoms with Gasteiger partial charge in [-0.25, -0.2) is 9.50 Å². The fraction of sp³-hybridized carbons (Fsp3) is 0.190. The Morgan fingerprint density at radius 1 is 1.30 bits per heavy atom. The molecule has 1 aromatic carbocycles. The summed E-state index contributed by atoms with van der Waals surface area (Å²) in [5, 5.41) is 5.06. The lowest BCUT2D eigenvalue weighted by Crippen LogP contribution is -2.12. The number of benzene rings is 1. The van der Waals surface area contributed by atoms with Crippen molar-refractivity contribution in [2.75, 3.05) is 6.61 Å². The molecule has 1 amide bonds. The Bertz CT molecular complexity index is 1220. The smallest absolute Gasteiger partial charge is 0.262 e. The molecule has 0 spiro atoms. The van der Waals surface area contributed by atoms with E-state index < -0.39 is 5.91 Å². The van der Waals surface area contributed by atoms with Crippen molar-refractivity contribution in [1.82, 2.24) is 14.6 Å². The minimum atomic E-state index is -0.565. The van der Waals surface area contributed by atoms with E-state index in [4.69, 9.17) is 26.8 Å². The van der Waals surface area contributed by atoms with Crippen LogP contribution < -0.4 is 15.2 Å². The second-order valence-corrected chi connectivity index (χ2v) is 7.93. The third kappa shape index (κ3) is 3.83. The minimum Gasteiger partial charge on any atom is -0.484 e. The summed E-state index contributed by atoms with van der Waals surface area (Å²) in [5.74, 6) is 0.315. The van der Waals surface area contributed by atoms with Gasteiger partial charge in [0.05, 0.1) is 17.7 Å². The number of ether oxygens (including phenoxy) is 2. The summed E-state index contributed by atoms with van der Waals surface area (Å²) in [5.41, 5.74) is 7.80. The van der Waals surface area contributed by atoms with Crippen LogP contribution in [0.5, 0.6) is 11.6 Å². The van der Waals surface area contributed by atoms with Gasteiger partial charge in [0.15, 0.2) is 5.65 Å². The summed E-state index contributed by atoms with van der Waals surface area (Å²) in [6.45, 7) is 4.27. The molecule has 9 heteroatoms. The molecule has 1 unspecified atom stereocenters. The van der Waals surface area contributed by atoms with Crippen LogP contribution in [-0.2, 0) is 0 Å². The molecule has 3 aromatic heterocycles. The second-order valence-electron chi connectivity index (χ2n) is 6.47. The van der Waals surface area contributed by atoms with Gasteiger partial charge in [-0.1, -0.05) is 29.8 Å². The van der Waals surface area contributed by atoms with Crippen LogP contribution >= 0.6 is 22.9 Å². The van der Waals surface area contributed by atoms with Gasteiger partial charge in [-0.2, -0.15) is 0 Å². The highest BCUT2D eigenvalue weighted by molar-refractivity contribution is 7.17. The van der Waals surface area contributed by atoms with Crippen LogP contribution in [0.25, 0.3) is 16.2 Å². The molecule has 4 aromatic rings. The summed E-state index contributed by atoms with van der Waals surface area (Å²) in [7, 11) is 0. The molecular formula is C21H19ClN4O3S. The van der Waals surface area contributed by atoms with Gasteiger partial charge < -0.3 is 15.2 Å². The minimum absolute atomic E-state index is 0.319. The first-order valence-electron chi connectivity index (χ1n) is 9.30. The van der Waals surface area contributed by atoms with Gasteiger partial charge in [0.1, 0.15) is 22.4 Å². The molecule has 0 radical (unpaired) electrons.